The van der Waals surface area contributed by atoms with Gasteiger partial charge in [-0.25, -0.2) is 14.3 Å². The number of imidazole rings is 1. The molecule has 0 aliphatic carbocycles. The predicted octanol–water partition coefficient (Wildman–Crippen LogP) is 0.341. The molecule has 0 aromatic carbocycles. The van der Waals surface area contributed by atoms with Crippen molar-refractivity contribution in [3.8, 4) is 0 Å². The number of hydrogen-bond donors (Lipinski definition) is 0. The van der Waals surface area contributed by atoms with Crippen molar-refractivity contribution in [2.24, 2.45) is 7.05 Å². The van der Waals surface area contributed by atoms with E-state index in [1.54, 1.807) is 19.4 Å². The molecule has 0 unspecified atom stereocenters. The van der Waals surface area contributed by atoms with Crippen LogP contribution in [0.25, 0.3) is 0 Å². The van der Waals surface area contributed by atoms with E-state index in [1.807, 2.05) is 22.9 Å². The van der Waals surface area contributed by atoms with Crippen LogP contribution in [0.4, 0.5) is 5.69 Å². The van der Waals surface area contributed by atoms with Crippen molar-refractivity contribution in [1.29, 1.82) is 0 Å². The van der Waals surface area contributed by atoms with E-state index in [2.05, 4.69) is 10.1 Å². The lowest BCUT2D eigenvalue weighted by Gasteiger charge is -2.27. The van der Waals surface area contributed by atoms with Crippen molar-refractivity contribution in [3.05, 3.63) is 28.9 Å². The van der Waals surface area contributed by atoms with Crippen LogP contribution >= 0.6 is 11.8 Å². The first-order valence-corrected chi connectivity index (χ1v) is 5.51. The molecule has 2 aromatic heterocycles. The summed E-state index contributed by atoms with van der Waals surface area (Å²) in [4.78, 5) is 16.8. The highest BCUT2D eigenvalue weighted by molar-refractivity contribution is 7.99. The van der Waals surface area contributed by atoms with Crippen LogP contribution in [-0.4, -0.2) is 26.5 Å². The van der Waals surface area contributed by atoms with E-state index in [-0.39, 0.29) is 5.56 Å². The summed E-state index contributed by atoms with van der Waals surface area (Å²) in [6.45, 7) is 0. The first-order valence-electron chi connectivity index (χ1n) is 4.70. The van der Waals surface area contributed by atoms with Gasteiger partial charge in [-0.05, 0) is 11.8 Å². The maximum atomic E-state index is 11.9. The number of fused-ring (bicyclic) bond motifs is 2. The van der Waals surface area contributed by atoms with Gasteiger partial charge in [-0.1, -0.05) is 0 Å². The maximum Gasteiger partial charge on any atom is 0.282 e. The van der Waals surface area contributed by atoms with Crippen molar-refractivity contribution in [3.63, 3.8) is 0 Å². The zero-order chi connectivity index (χ0) is 11.3. The standard InChI is InChI=1S/C9H9N5OS/c1-12-8(15)7-6(5-11-12)13(2)14-4-3-10-9(14)16-7/h3-5H,1-2H3. The Morgan fingerprint density at radius 1 is 1.38 bits per heavy atom. The normalized spacial score (nSPS) is 13.5. The minimum Gasteiger partial charge on any atom is -0.280 e. The molecule has 0 bridgehead atoms. The molecular formula is C9H9N5OS. The SMILES string of the molecule is CN1c2cnn(C)c(=O)c2Sc2nccn21. The molecule has 0 saturated carbocycles. The molecule has 82 valence electrons. The molecule has 1 aliphatic heterocycles. The van der Waals surface area contributed by atoms with Crippen molar-refractivity contribution >= 4 is 17.4 Å². The summed E-state index contributed by atoms with van der Waals surface area (Å²) >= 11 is 1.37. The van der Waals surface area contributed by atoms with Crippen LogP contribution in [0.5, 0.6) is 0 Å². The topological polar surface area (TPSA) is 56.0 Å². The van der Waals surface area contributed by atoms with Gasteiger partial charge in [-0.15, -0.1) is 0 Å². The molecule has 16 heavy (non-hydrogen) atoms. The van der Waals surface area contributed by atoms with E-state index in [4.69, 9.17) is 0 Å². The second-order valence-corrected chi connectivity index (χ2v) is 4.45. The van der Waals surface area contributed by atoms with E-state index in [1.165, 1.54) is 16.4 Å². The molecule has 2 aromatic rings. The molecule has 1 aliphatic rings. The van der Waals surface area contributed by atoms with E-state index in [0.29, 0.717) is 4.90 Å². The molecule has 7 heteroatoms. The van der Waals surface area contributed by atoms with Crippen LogP contribution in [0.15, 0.2) is 33.4 Å². The second kappa shape index (κ2) is 3.11. The third-order valence-corrected chi connectivity index (χ3v) is 3.59. The fourth-order valence-electron chi connectivity index (χ4n) is 1.63. The maximum absolute atomic E-state index is 11.9. The van der Waals surface area contributed by atoms with Crippen LogP contribution < -0.4 is 10.6 Å². The largest absolute Gasteiger partial charge is 0.282 e. The Labute approximate surface area is 95.5 Å². The quantitative estimate of drug-likeness (QED) is 0.659. The van der Waals surface area contributed by atoms with Crippen molar-refractivity contribution in [2.75, 3.05) is 12.1 Å². The van der Waals surface area contributed by atoms with Crippen LogP contribution in [-0.2, 0) is 7.05 Å². The van der Waals surface area contributed by atoms with Crippen molar-refractivity contribution in [1.82, 2.24) is 19.4 Å². The lowest BCUT2D eigenvalue weighted by Crippen LogP contribution is -2.33. The molecule has 0 radical (unpaired) electrons. The van der Waals surface area contributed by atoms with Gasteiger partial charge in [0, 0.05) is 26.5 Å². The number of aromatic nitrogens is 4. The van der Waals surface area contributed by atoms with Gasteiger partial charge in [-0.3, -0.25) is 9.80 Å². The molecule has 0 atom stereocenters. The summed E-state index contributed by atoms with van der Waals surface area (Å²) in [5, 5.41) is 6.67. The number of hydrogen-bond acceptors (Lipinski definition) is 5. The van der Waals surface area contributed by atoms with Gasteiger partial charge in [0.1, 0.15) is 4.90 Å². The minimum absolute atomic E-state index is 0.0939. The first kappa shape index (κ1) is 9.46. The van der Waals surface area contributed by atoms with Crippen LogP contribution in [0.2, 0.25) is 0 Å². The Kier molecular flexibility index (Phi) is 1.84. The average Bonchev–Trinajstić information content (AvgIpc) is 2.73. The smallest absolute Gasteiger partial charge is 0.280 e. The van der Waals surface area contributed by atoms with Crippen LogP contribution in [0.1, 0.15) is 0 Å². The fraction of sp³-hybridized carbons (Fsp3) is 0.222. The van der Waals surface area contributed by atoms with Gasteiger partial charge in [0.05, 0.1) is 11.9 Å². The van der Waals surface area contributed by atoms with Gasteiger partial charge in [0.25, 0.3) is 5.56 Å². The third kappa shape index (κ3) is 1.12. The molecule has 0 N–H and O–H groups in total. The summed E-state index contributed by atoms with van der Waals surface area (Å²) in [6.07, 6.45) is 5.25. The summed E-state index contributed by atoms with van der Waals surface area (Å²) in [6, 6.07) is 0. The summed E-state index contributed by atoms with van der Waals surface area (Å²) < 4.78 is 3.21. The van der Waals surface area contributed by atoms with E-state index < -0.39 is 0 Å². The lowest BCUT2D eigenvalue weighted by molar-refractivity contribution is 0.637. The average molecular weight is 235 g/mol. The van der Waals surface area contributed by atoms with E-state index in [0.717, 1.165) is 10.8 Å². The summed E-state index contributed by atoms with van der Waals surface area (Å²) in [5.74, 6) is 0. The Balaban J connectivity index is 2.28. The number of rotatable bonds is 0. The number of aryl methyl sites for hydroxylation is 1. The third-order valence-electron chi connectivity index (χ3n) is 2.53. The molecule has 3 rings (SSSR count). The molecule has 0 saturated heterocycles. The van der Waals surface area contributed by atoms with Crippen molar-refractivity contribution in [2.45, 2.75) is 10.1 Å². The van der Waals surface area contributed by atoms with Gasteiger partial charge in [-0.2, -0.15) is 5.10 Å². The molecule has 3 heterocycles. The van der Waals surface area contributed by atoms with E-state index in [9.17, 15) is 4.79 Å². The van der Waals surface area contributed by atoms with Gasteiger partial charge >= 0.3 is 0 Å². The zero-order valence-corrected chi connectivity index (χ0v) is 9.60. The van der Waals surface area contributed by atoms with Gasteiger partial charge in [0.2, 0.25) is 0 Å². The van der Waals surface area contributed by atoms with Crippen LogP contribution in [0, 0.1) is 0 Å². The molecular weight excluding hydrogens is 226 g/mol. The summed E-state index contributed by atoms with van der Waals surface area (Å²) in [7, 11) is 3.52. The highest BCUT2D eigenvalue weighted by Gasteiger charge is 2.24. The zero-order valence-electron chi connectivity index (χ0n) is 8.78. The highest BCUT2D eigenvalue weighted by Crippen LogP contribution is 2.36. The first-order chi connectivity index (χ1) is 7.68. The van der Waals surface area contributed by atoms with Gasteiger partial charge < -0.3 is 0 Å². The molecule has 0 spiro atoms. The van der Waals surface area contributed by atoms with Gasteiger partial charge in [0.15, 0.2) is 5.16 Å². The Morgan fingerprint density at radius 2 is 2.19 bits per heavy atom. The predicted molar refractivity (Wildman–Crippen MR) is 59.6 cm³/mol. The minimum atomic E-state index is -0.0939. The highest BCUT2D eigenvalue weighted by atomic mass is 32.2. The monoisotopic (exact) mass is 235 g/mol. The number of anilines is 1. The van der Waals surface area contributed by atoms with Crippen LogP contribution in [0.3, 0.4) is 0 Å². The molecule has 0 fully saturated rings. The lowest BCUT2D eigenvalue weighted by atomic mass is 10.4. The van der Waals surface area contributed by atoms with Crippen molar-refractivity contribution < 1.29 is 0 Å². The Hall–Kier alpha value is -1.76. The number of nitrogens with zero attached hydrogens (tertiary/aromatic N) is 5. The fourth-order valence-corrected chi connectivity index (χ4v) is 2.71. The Morgan fingerprint density at radius 3 is 3.00 bits per heavy atom. The second-order valence-electron chi connectivity index (χ2n) is 3.47. The summed E-state index contributed by atoms with van der Waals surface area (Å²) in [5.41, 5.74) is 0.710. The van der Waals surface area contributed by atoms with E-state index >= 15 is 0 Å². The Bertz CT molecular complexity index is 617. The molecule has 0 amide bonds. The molecule has 6 nitrogen and oxygen atoms in total.